The van der Waals surface area contributed by atoms with Crippen molar-refractivity contribution < 1.29 is 13.2 Å². The smallest absolute Gasteiger partial charge is 0.213 e. The first-order chi connectivity index (χ1) is 14.9. The van der Waals surface area contributed by atoms with Crippen LogP contribution in [0.25, 0.3) is 0 Å². The van der Waals surface area contributed by atoms with Gasteiger partial charge in [0.15, 0.2) is 0 Å². The molecule has 0 N–H and O–H groups in total. The number of nitrogens with zero attached hydrogens (tertiary/aromatic N) is 3. The minimum absolute atomic E-state index is 0.0145. The molecule has 4 rings (SSSR count). The van der Waals surface area contributed by atoms with E-state index < -0.39 is 10.0 Å². The molecule has 2 aliphatic heterocycles. The lowest BCUT2D eigenvalue weighted by Gasteiger charge is -2.37. The van der Waals surface area contributed by atoms with Crippen LogP contribution in [0, 0.1) is 0 Å². The molecule has 168 valence electrons. The monoisotopic (exact) mass is 461 g/mol. The van der Waals surface area contributed by atoms with Gasteiger partial charge >= 0.3 is 0 Å². The Morgan fingerprint density at radius 3 is 2.45 bits per heavy atom. The Morgan fingerprint density at radius 1 is 1.06 bits per heavy atom. The van der Waals surface area contributed by atoms with Crippen molar-refractivity contribution in [2.24, 2.45) is 0 Å². The third kappa shape index (κ3) is 6.00. The molecular formula is C23H31N3O3S2. The van der Waals surface area contributed by atoms with Crippen LogP contribution in [0.15, 0.2) is 48.7 Å². The van der Waals surface area contributed by atoms with Crippen LogP contribution in [0.5, 0.6) is 5.88 Å². The Balaban J connectivity index is 1.31. The molecule has 31 heavy (non-hydrogen) atoms. The lowest BCUT2D eigenvalue weighted by Crippen LogP contribution is -2.41. The molecule has 1 aromatic heterocycles. The Morgan fingerprint density at radius 2 is 1.81 bits per heavy atom. The standard InChI is InChI=1S/C23H31N3O3S2/c1-18-8-10-22(20-6-4-3-5-7-20)30-26(18)17-19-9-11-23(24-16-19)29-21-12-14-25(15-13-21)31(2,27)28/h3-7,9,11,16,18,21-22H,8,10,12-15,17H2,1-2H3/t18-,22?/m0/s1. The highest BCUT2D eigenvalue weighted by molar-refractivity contribution is 7.97. The summed E-state index contributed by atoms with van der Waals surface area (Å²) in [5, 5.41) is 0.505. The van der Waals surface area contributed by atoms with Gasteiger partial charge in [-0.3, -0.25) is 0 Å². The summed E-state index contributed by atoms with van der Waals surface area (Å²) in [6.07, 6.45) is 6.96. The predicted octanol–water partition coefficient (Wildman–Crippen LogP) is 4.26. The first kappa shape index (κ1) is 22.6. The highest BCUT2D eigenvalue weighted by Gasteiger charge is 2.28. The van der Waals surface area contributed by atoms with Crippen LogP contribution in [0.3, 0.4) is 0 Å². The molecule has 1 unspecified atom stereocenters. The molecule has 0 aliphatic carbocycles. The molecule has 2 aliphatic rings. The molecular weight excluding hydrogens is 430 g/mol. The van der Waals surface area contributed by atoms with Gasteiger partial charge in [0, 0.05) is 43.2 Å². The number of pyridine rings is 1. The van der Waals surface area contributed by atoms with Crippen LogP contribution in [-0.4, -0.2) is 53.5 Å². The van der Waals surface area contributed by atoms with Crippen molar-refractivity contribution in [2.45, 2.75) is 56.5 Å². The van der Waals surface area contributed by atoms with E-state index >= 15 is 0 Å². The zero-order chi connectivity index (χ0) is 21.8. The maximum Gasteiger partial charge on any atom is 0.213 e. The quantitative estimate of drug-likeness (QED) is 0.599. The van der Waals surface area contributed by atoms with Gasteiger partial charge in [-0.05, 0) is 43.7 Å². The van der Waals surface area contributed by atoms with Crippen LogP contribution in [0.1, 0.15) is 49.0 Å². The van der Waals surface area contributed by atoms with Crippen LogP contribution < -0.4 is 4.74 Å². The molecule has 2 saturated heterocycles. The highest BCUT2D eigenvalue weighted by Crippen LogP contribution is 2.42. The maximum atomic E-state index is 11.6. The minimum Gasteiger partial charge on any atom is -0.474 e. The summed E-state index contributed by atoms with van der Waals surface area (Å²) in [5.74, 6) is 0.614. The number of hydrogen-bond acceptors (Lipinski definition) is 6. The largest absolute Gasteiger partial charge is 0.474 e. The number of benzene rings is 1. The number of hydrogen-bond donors (Lipinski definition) is 0. The van der Waals surface area contributed by atoms with Gasteiger partial charge in [-0.25, -0.2) is 22.0 Å². The third-order valence-corrected chi connectivity index (χ3v) is 8.89. The van der Waals surface area contributed by atoms with E-state index in [1.807, 2.05) is 24.2 Å². The molecule has 6 nitrogen and oxygen atoms in total. The van der Waals surface area contributed by atoms with E-state index in [2.05, 4.69) is 52.6 Å². The van der Waals surface area contributed by atoms with Crippen molar-refractivity contribution in [2.75, 3.05) is 19.3 Å². The SMILES string of the molecule is C[C@H]1CCC(c2ccccc2)SN1Cc1ccc(OC2CCN(S(C)(=O)=O)CC2)nc1. The summed E-state index contributed by atoms with van der Waals surface area (Å²) in [4.78, 5) is 4.52. The lowest BCUT2D eigenvalue weighted by atomic mass is 10.0. The van der Waals surface area contributed by atoms with E-state index in [0.29, 0.717) is 43.1 Å². The van der Waals surface area contributed by atoms with Crippen LogP contribution in [-0.2, 0) is 16.6 Å². The summed E-state index contributed by atoms with van der Waals surface area (Å²) in [5.41, 5.74) is 2.57. The summed E-state index contributed by atoms with van der Waals surface area (Å²) < 4.78 is 33.3. The van der Waals surface area contributed by atoms with Gasteiger partial charge in [0.05, 0.1) is 6.26 Å². The molecule has 0 spiro atoms. The molecule has 2 atom stereocenters. The van der Waals surface area contributed by atoms with Crippen LogP contribution in [0.2, 0.25) is 0 Å². The second-order valence-corrected chi connectivity index (χ2v) is 11.7. The number of sulfonamides is 1. The number of ether oxygens (including phenoxy) is 1. The number of aromatic nitrogens is 1. The highest BCUT2D eigenvalue weighted by atomic mass is 32.2. The van der Waals surface area contributed by atoms with E-state index in [-0.39, 0.29) is 6.10 Å². The van der Waals surface area contributed by atoms with Crippen molar-refractivity contribution in [1.82, 2.24) is 13.6 Å². The summed E-state index contributed by atoms with van der Waals surface area (Å²) in [7, 11) is -3.11. The minimum atomic E-state index is -3.11. The van der Waals surface area contributed by atoms with Crippen molar-refractivity contribution in [3.8, 4) is 5.88 Å². The summed E-state index contributed by atoms with van der Waals surface area (Å²) in [6, 6.07) is 15.3. The normalized spacial score (nSPS) is 24.2. The van der Waals surface area contributed by atoms with E-state index in [0.717, 1.165) is 6.54 Å². The fourth-order valence-corrected chi connectivity index (χ4v) is 6.41. The van der Waals surface area contributed by atoms with Gasteiger partial charge in [0.1, 0.15) is 6.10 Å². The van der Waals surface area contributed by atoms with Gasteiger partial charge in [-0.15, -0.1) is 0 Å². The first-order valence-corrected chi connectivity index (χ1v) is 13.6. The number of piperidine rings is 1. The molecule has 0 saturated carbocycles. The fraction of sp³-hybridized carbons (Fsp3) is 0.522. The zero-order valence-electron chi connectivity index (χ0n) is 18.2. The maximum absolute atomic E-state index is 11.6. The average molecular weight is 462 g/mol. The van der Waals surface area contributed by atoms with Crippen molar-refractivity contribution >= 4 is 22.0 Å². The van der Waals surface area contributed by atoms with Gasteiger partial charge < -0.3 is 4.74 Å². The first-order valence-electron chi connectivity index (χ1n) is 10.9. The van der Waals surface area contributed by atoms with E-state index in [9.17, 15) is 8.42 Å². The third-order valence-electron chi connectivity index (χ3n) is 6.07. The van der Waals surface area contributed by atoms with E-state index in [4.69, 9.17) is 4.74 Å². The predicted molar refractivity (Wildman–Crippen MR) is 125 cm³/mol. The molecule has 8 heteroatoms. The molecule has 1 aromatic carbocycles. The Bertz CT molecular complexity index is 946. The molecule has 2 aromatic rings. The molecule has 2 fully saturated rings. The van der Waals surface area contributed by atoms with E-state index in [1.54, 1.807) is 0 Å². The average Bonchev–Trinajstić information content (AvgIpc) is 2.77. The van der Waals surface area contributed by atoms with Crippen LogP contribution >= 0.6 is 11.9 Å². The van der Waals surface area contributed by atoms with Crippen LogP contribution in [0.4, 0.5) is 0 Å². The second kappa shape index (κ2) is 9.90. The topological polar surface area (TPSA) is 62.7 Å². The van der Waals surface area contributed by atoms with Gasteiger partial charge in [0.25, 0.3) is 0 Å². The van der Waals surface area contributed by atoms with E-state index in [1.165, 1.54) is 34.5 Å². The van der Waals surface area contributed by atoms with Crippen molar-refractivity contribution in [3.05, 3.63) is 59.8 Å². The van der Waals surface area contributed by atoms with Gasteiger partial charge in [-0.2, -0.15) is 0 Å². The molecule has 0 amide bonds. The Labute approximate surface area is 190 Å². The van der Waals surface area contributed by atoms with Gasteiger partial charge in [0.2, 0.25) is 15.9 Å². The molecule has 3 heterocycles. The van der Waals surface area contributed by atoms with Crippen molar-refractivity contribution in [3.63, 3.8) is 0 Å². The summed E-state index contributed by atoms with van der Waals surface area (Å²) in [6.45, 7) is 4.17. The Hall–Kier alpha value is -1.61. The second-order valence-electron chi connectivity index (χ2n) is 8.49. The summed E-state index contributed by atoms with van der Waals surface area (Å²) >= 11 is 1.94. The Kier molecular flexibility index (Phi) is 7.21. The fourth-order valence-electron chi connectivity index (χ4n) is 4.15. The van der Waals surface area contributed by atoms with Crippen molar-refractivity contribution in [1.29, 1.82) is 0 Å². The molecule has 0 bridgehead atoms. The zero-order valence-corrected chi connectivity index (χ0v) is 19.8. The number of rotatable bonds is 6. The lowest BCUT2D eigenvalue weighted by molar-refractivity contribution is 0.130. The van der Waals surface area contributed by atoms with Gasteiger partial charge in [-0.1, -0.05) is 48.3 Å². The molecule has 0 radical (unpaired) electrons.